The standard InChI is InChI=1S/C17H22ClN3O/c1-11-6-7-12(8-13(11)18)10-19-16(22)14-9-15(17(2,3)4)20-21(14)5/h6-9H,10H2,1-5H3,(H,19,22). The number of aromatic nitrogens is 2. The molecule has 0 atom stereocenters. The lowest BCUT2D eigenvalue weighted by molar-refractivity contribution is 0.0941. The Kier molecular flexibility index (Phi) is 4.61. The van der Waals surface area contributed by atoms with Crippen molar-refractivity contribution in [2.24, 2.45) is 7.05 Å². The highest BCUT2D eigenvalue weighted by Crippen LogP contribution is 2.21. The molecule has 0 unspecified atom stereocenters. The highest BCUT2D eigenvalue weighted by atomic mass is 35.5. The van der Waals surface area contributed by atoms with Gasteiger partial charge in [0.25, 0.3) is 5.91 Å². The predicted molar refractivity (Wildman–Crippen MR) is 89.3 cm³/mol. The van der Waals surface area contributed by atoms with Gasteiger partial charge in [-0.25, -0.2) is 0 Å². The zero-order valence-corrected chi connectivity index (χ0v) is 14.5. The van der Waals surface area contributed by atoms with Crippen molar-refractivity contribution < 1.29 is 4.79 Å². The molecule has 0 saturated carbocycles. The molecule has 0 aliphatic carbocycles. The molecule has 0 aliphatic rings. The van der Waals surface area contributed by atoms with Crippen molar-refractivity contribution in [3.8, 4) is 0 Å². The summed E-state index contributed by atoms with van der Waals surface area (Å²) in [7, 11) is 1.78. The molecule has 0 spiro atoms. The van der Waals surface area contributed by atoms with Crippen molar-refractivity contribution in [1.29, 1.82) is 0 Å². The minimum Gasteiger partial charge on any atom is -0.347 e. The summed E-state index contributed by atoms with van der Waals surface area (Å²) in [4.78, 5) is 12.3. The number of carbonyl (C=O) groups excluding carboxylic acids is 1. The van der Waals surface area contributed by atoms with Crippen LogP contribution in [-0.4, -0.2) is 15.7 Å². The van der Waals surface area contributed by atoms with Crippen LogP contribution >= 0.6 is 11.6 Å². The topological polar surface area (TPSA) is 46.9 Å². The van der Waals surface area contributed by atoms with E-state index in [1.54, 1.807) is 11.7 Å². The van der Waals surface area contributed by atoms with Gasteiger partial charge in [-0.3, -0.25) is 9.48 Å². The van der Waals surface area contributed by atoms with Crippen molar-refractivity contribution in [2.75, 3.05) is 0 Å². The fraction of sp³-hybridized carbons (Fsp3) is 0.412. The van der Waals surface area contributed by atoms with Gasteiger partial charge in [-0.2, -0.15) is 5.10 Å². The molecule has 0 radical (unpaired) electrons. The lowest BCUT2D eigenvalue weighted by Crippen LogP contribution is -2.25. The molecule has 2 aromatic rings. The molecular formula is C17H22ClN3O. The van der Waals surface area contributed by atoms with Crippen molar-refractivity contribution >= 4 is 17.5 Å². The Morgan fingerprint density at radius 1 is 1.32 bits per heavy atom. The number of aryl methyl sites for hydroxylation is 2. The number of nitrogens with one attached hydrogen (secondary N) is 1. The summed E-state index contributed by atoms with van der Waals surface area (Å²) in [6.45, 7) is 8.62. The van der Waals surface area contributed by atoms with Crippen molar-refractivity contribution in [3.05, 3.63) is 51.8 Å². The molecule has 2 rings (SSSR count). The molecule has 1 N–H and O–H groups in total. The van der Waals surface area contributed by atoms with Crippen LogP contribution in [-0.2, 0) is 19.0 Å². The van der Waals surface area contributed by atoms with Gasteiger partial charge < -0.3 is 5.32 Å². The Hall–Kier alpha value is -1.81. The summed E-state index contributed by atoms with van der Waals surface area (Å²) in [5.41, 5.74) is 3.38. The molecule has 1 heterocycles. The van der Waals surface area contributed by atoms with Gasteiger partial charge in [0.2, 0.25) is 0 Å². The van der Waals surface area contributed by atoms with E-state index in [1.807, 2.05) is 31.2 Å². The molecule has 5 heteroatoms. The summed E-state index contributed by atoms with van der Waals surface area (Å²) in [5, 5.41) is 8.04. The van der Waals surface area contributed by atoms with E-state index < -0.39 is 0 Å². The van der Waals surface area contributed by atoms with Gasteiger partial charge in [-0.15, -0.1) is 0 Å². The van der Waals surface area contributed by atoms with Crippen molar-refractivity contribution in [3.63, 3.8) is 0 Å². The first kappa shape index (κ1) is 16.6. The maximum atomic E-state index is 12.3. The van der Waals surface area contributed by atoms with E-state index in [9.17, 15) is 4.79 Å². The Balaban J connectivity index is 2.09. The number of hydrogen-bond acceptors (Lipinski definition) is 2. The average Bonchev–Trinajstić information content (AvgIpc) is 2.82. The van der Waals surface area contributed by atoms with Crippen LogP contribution in [0.4, 0.5) is 0 Å². The Morgan fingerprint density at radius 3 is 2.55 bits per heavy atom. The fourth-order valence-corrected chi connectivity index (χ4v) is 2.27. The van der Waals surface area contributed by atoms with Crippen molar-refractivity contribution in [2.45, 2.75) is 39.7 Å². The molecule has 0 aliphatic heterocycles. The number of halogens is 1. The van der Waals surface area contributed by atoms with E-state index in [0.717, 1.165) is 16.8 Å². The van der Waals surface area contributed by atoms with Crippen LogP contribution in [0.15, 0.2) is 24.3 Å². The summed E-state index contributed by atoms with van der Waals surface area (Å²) >= 11 is 6.10. The first-order chi connectivity index (χ1) is 10.2. The lowest BCUT2D eigenvalue weighted by Gasteiger charge is -2.13. The van der Waals surface area contributed by atoms with E-state index in [2.05, 4.69) is 31.2 Å². The molecule has 118 valence electrons. The van der Waals surface area contributed by atoms with Gasteiger partial charge in [0.15, 0.2) is 0 Å². The number of hydrogen-bond donors (Lipinski definition) is 1. The zero-order chi connectivity index (χ0) is 16.5. The first-order valence-corrected chi connectivity index (χ1v) is 7.64. The number of carbonyl (C=O) groups is 1. The van der Waals surface area contributed by atoms with E-state index in [1.165, 1.54) is 0 Å². The van der Waals surface area contributed by atoms with Crippen LogP contribution in [0.5, 0.6) is 0 Å². The van der Waals surface area contributed by atoms with Gasteiger partial charge in [-0.05, 0) is 30.2 Å². The van der Waals surface area contributed by atoms with Crippen LogP contribution in [0.3, 0.4) is 0 Å². The summed E-state index contributed by atoms with van der Waals surface area (Å²) < 4.78 is 1.62. The van der Waals surface area contributed by atoms with Crippen molar-refractivity contribution in [1.82, 2.24) is 15.1 Å². The van der Waals surface area contributed by atoms with Crippen LogP contribution in [0.25, 0.3) is 0 Å². The molecule has 0 bridgehead atoms. The second kappa shape index (κ2) is 6.13. The van der Waals surface area contributed by atoms with Crippen LogP contribution in [0, 0.1) is 6.92 Å². The molecule has 0 saturated heterocycles. The minimum atomic E-state index is -0.137. The van der Waals surface area contributed by atoms with Crippen LogP contribution in [0.1, 0.15) is 48.1 Å². The second-order valence-corrected chi connectivity index (χ2v) is 6.96. The third-order valence-electron chi connectivity index (χ3n) is 3.57. The summed E-state index contributed by atoms with van der Waals surface area (Å²) in [6.07, 6.45) is 0. The number of benzene rings is 1. The normalized spacial score (nSPS) is 11.5. The van der Waals surface area contributed by atoms with Gasteiger partial charge >= 0.3 is 0 Å². The summed E-state index contributed by atoms with van der Waals surface area (Å²) in [6, 6.07) is 7.63. The Bertz CT molecular complexity index is 698. The lowest BCUT2D eigenvalue weighted by atomic mass is 9.92. The highest BCUT2D eigenvalue weighted by molar-refractivity contribution is 6.31. The van der Waals surface area contributed by atoms with Gasteiger partial charge in [0.1, 0.15) is 5.69 Å². The van der Waals surface area contributed by atoms with E-state index in [4.69, 9.17) is 11.6 Å². The highest BCUT2D eigenvalue weighted by Gasteiger charge is 2.21. The van der Waals surface area contributed by atoms with Gasteiger partial charge in [0, 0.05) is 24.0 Å². The molecular weight excluding hydrogens is 298 g/mol. The average molecular weight is 320 g/mol. The maximum absolute atomic E-state index is 12.3. The maximum Gasteiger partial charge on any atom is 0.269 e. The number of nitrogens with zero attached hydrogens (tertiary/aromatic N) is 2. The minimum absolute atomic E-state index is 0.0826. The fourth-order valence-electron chi connectivity index (χ4n) is 2.07. The molecule has 1 aromatic heterocycles. The van der Waals surface area contributed by atoms with E-state index in [0.29, 0.717) is 17.3 Å². The quantitative estimate of drug-likeness (QED) is 0.939. The van der Waals surface area contributed by atoms with Gasteiger partial charge in [0.05, 0.1) is 5.69 Å². The SMILES string of the molecule is Cc1ccc(CNC(=O)c2cc(C(C)(C)C)nn2C)cc1Cl. The monoisotopic (exact) mass is 319 g/mol. The van der Waals surface area contributed by atoms with E-state index in [-0.39, 0.29) is 11.3 Å². The van der Waals surface area contributed by atoms with Crippen LogP contribution in [0.2, 0.25) is 5.02 Å². The molecule has 0 fully saturated rings. The number of amides is 1. The predicted octanol–water partition coefficient (Wildman–Crippen LogP) is 3.61. The summed E-state index contributed by atoms with van der Waals surface area (Å²) in [5.74, 6) is -0.137. The van der Waals surface area contributed by atoms with E-state index >= 15 is 0 Å². The third kappa shape index (κ3) is 3.69. The molecule has 4 nitrogen and oxygen atoms in total. The van der Waals surface area contributed by atoms with Crippen LogP contribution < -0.4 is 5.32 Å². The largest absolute Gasteiger partial charge is 0.347 e. The Morgan fingerprint density at radius 2 is 2.00 bits per heavy atom. The number of rotatable bonds is 3. The van der Waals surface area contributed by atoms with Gasteiger partial charge in [-0.1, -0.05) is 44.5 Å². The molecule has 1 aromatic carbocycles. The molecule has 22 heavy (non-hydrogen) atoms. The zero-order valence-electron chi connectivity index (χ0n) is 13.7. The smallest absolute Gasteiger partial charge is 0.269 e. The second-order valence-electron chi connectivity index (χ2n) is 6.55. The Labute approximate surface area is 136 Å². The first-order valence-electron chi connectivity index (χ1n) is 7.26. The third-order valence-corrected chi connectivity index (χ3v) is 3.98. The molecule has 1 amide bonds.